The number of hydrogen-bond acceptors (Lipinski definition) is 8. The smallest absolute Gasteiger partial charge is 0.490 e. The standard InChI is InChI=1S/C17H20F3N3O5/c18-17(19,20)15(25)27-9-11(24)8-26-12-1-2-14-13(7-12)23-16(28-14)22-10-3-5-21-6-4-10/h1-2,7,10-11,21,24H,3-6,8-9H2,(H,22,23). The van der Waals surface area contributed by atoms with Crippen molar-refractivity contribution in [3.63, 3.8) is 0 Å². The van der Waals surface area contributed by atoms with Gasteiger partial charge in [0.1, 0.15) is 30.6 Å². The van der Waals surface area contributed by atoms with E-state index in [2.05, 4.69) is 20.4 Å². The first-order chi connectivity index (χ1) is 13.3. The Morgan fingerprint density at radius 1 is 1.36 bits per heavy atom. The zero-order valence-electron chi connectivity index (χ0n) is 14.8. The monoisotopic (exact) mass is 403 g/mol. The lowest BCUT2D eigenvalue weighted by molar-refractivity contribution is -0.202. The predicted molar refractivity (Wildman–Crippen MR) is 92.0 cm³/mol. The van der Waals surface area contributed by atoms with E-state index in [-0.39, 0.29) is 12.6 Å². The molecule has 0 bridgehead atoms. The van der Waals surface area contributed by atoms with Crippen LogP contribution < -0.4 is 15.4 Å². The molecule has 0 aliphatic carbocycles. The molecule has 2 heterocycles. The maximum Gasteiger partial charge on any atom is 0.490 e. The number of aliphatic hydroxyl groups is 1. The molecule has 0 radical (unpaired) electrons. The summed E-state index contributed by atoms with van der Waals surface area (Å²) in [6.07, 6.45) is -4.58. The van der Waals surface area contributed by atoms with Gasteiger partial charge in [-0.2, -0.15) is 18.2 Å². The fourth-order valence-electron chi connectivity index (χ4n) is 2.69. The third-order valence-corrected chi connectivity index (χ3v) is 4.11. The van der Waals surface area contributed by atoms with Crippen LogP contribution in [-0.4, -0.2) is 60.7 Å². The molecule has 1 saturated heterocycles. The lowest BCUT2D eigenvalue weighted by atomic mass is 10.1. The number of carbonyl (C=O) groups is 1. The highest BCUT2D eigenvalue weighted by Crippen LogP contribution is 2.25. The minimum Gasteiger partial charge on any atom is -0.491 e. The number of carbonyl (C=O) groups excluding carboxylic acids is 1. The minimum absolute atomic E-state index is 0.277. The van der Waals surface area contributed by atoms with E-state index >= 15 is 0 Å². The summed E-state index contributed by atoms with van der Waals surface area (Å²) in [5, 5.41) is 16.1. The second kappa shape index (κ2) is 8.65. The van der Waals surface area contributed by atoms with E-state index in [1.165, 1.54) is 0 Å². The van der Waals surface area contributed by atoms with Gasteiger partial charge in [-0.25, -0.2) is 4.79 Å². The Kier molecular flexibility index (Phi) is 6.25. The average Bonchev–Trinajstić information content (AvgIpc) is 3.05. The number of nitrogens with zero attached hydrogens (tertiary/aromatic N) is 1. The lowest BCUT2D eigenvalue weighted by Gasteiger charge is -2.22. The predicted octanol–water partition coefficient (Wildman–Crippen LogP) is 1.84. The van der Waals surface area contributed by atoms with Gasteiger partial charge in [0.05, 0.1) is 0 Å². The SMILES string of the molecule is O=C(OCC(O)COc1ccc2oc(NC3CCNCC3)nc2c1)C(F)(F)F. The van der Waals surface area contributed by atoms with Crippen molar-refractivity contribution in [2.24, 2.45) is 0 Å². The average molecular weight is 403 g/mol. The Bertz CT molecular complexity index is 805. The molecule has 1 aromatic heterocycles. The number of esters is 1. The van der Waals surface area contributed by atoms with Gasteiger partial charge >= 0.3 is 12.1 Å². The quantitative estimate of drug-likeness (QED) is 0.602. The van der Waals surface area contributed by atoms with Crippen molar-refractivity contribution in [1.29, 1.82) is 0 Å². The van der Waals surface area contributed by atoms with E-state index < -0.39 is 24.9 Å². The van der Waals surface area contributed by atoms with Crippen molar-refractivity contribution in [3.05, 3.63) is 18.2 Å². The first-order valence-corrected chi connectivity index (χ1v) is 8.74. The largest absolute Gasteiger partial charge is 0.491 e. The van der Waals surface area contributed by atoms with Crippen LogP contribution in [0.3, 0.4) is 0 Å². The van der Waals surface area contributed by atoms with Crippen LogP contribution in [0, 0.1) is 0 Å². The van der Waals surface area contributed by atoms with E-state index in [9.17, 15) is 23.1 Å². The third kappa shape index (κ3) is 5.49. The topological polar surface area (TPSA) is 106 Å². The van der Waals surface area contributed by atoms with Crippen LogP contribution in [-0.2, 0) is 9.53 Å². The summed E-state index contributed by atoms with van der Waals surface area (Å²) < 4.78 is 51.0. The van der Waals surface area contributed by atoms with Gasteiger partial charge in [-0.05, 0) is 38.1 Å². The van der Waals surface area contributed by atoms with E-state index in [0.29, 0.717) is 22.9 Å². The zero-order chi connectivity index (χ0) is 20.1. The summed E-state index contributed by atoms with van der Waals surface area (Å²) in [5.74, 6) is -2.01. The Labute approximate surface area is 158 Å². The number of benzene rings is 1. The third-order valence-electron chi connectivity index (χ3n) is 4.11. The molecule has 3 rings (SSSR count). The normalized spacial score (nSPS) is 16.7. The van der Waals surface area contributed by atoms with Crippen LogP contribution in [0.2, 0.25) is 0 Å². The summed E-state index contributed by atoms with van der Waals surface area (Å²) in [6.45, 7) is 0.677. The number of oxazole rings is 1. The van der Waals surface area contributed by atoms with Crippen molar-refractivity contribution in [3.8, 4) is 5.75 Å². The van der Waals surface area contributed by atoms with Crippen LogP contribution in [0.1, 0.15) is 12.8 Å². The molecule has 1 unspecified atom stereocenters. The van der Waals surface area contributed by atoms with Gasteiger partial charge in [0.15, 0.2) is 5.58 Å². The van der Waals surface area contributed by atoms with E-state index in [1.54, 1.807) is 18.2 Å². The molecule has 28 heavy (non-hydrogen) atoms. The molecule has 154 valence electrons. The molecule has 8 nitrogen and oxygen atoms in total. The number of rotatable bonds is 7. The summed E-state index contributed by atoms with van der Waals surface area (Å²) in [7, 11) is 0. The molecule has 0 saturated carbocycles. The van der Waals surface area contributed by atoms with Gasteiger partial charge < -0.3 is 29.6 Å². The Balaban J connectivity index is 1.51. The Morgan fingerprint density at radius 3 is 2.82 bits per heavy atom. The molecule has 11 heteroatoms. The molecule has 2 aromatic rings. The molecule has 0 spiro atoms. The fourth-order valence-corrected chi connectivity index (χ4v) is 2.69. The van der Waals surface area contributed by atoms with Gasteiger partial charge in [0.2, 0.25) is 0 Å². The highest BCUT2D eigenvalue weighted by Gasteiger charge is 2.41. The molecule has 0 amide bonds. The fraction of sp³-hybridized carbons (Fsp3) is 0.529. The summed E-state index contributed by atoms with van der Waals surface area (Å²) in [6, 6.07) is 5.48. The van der Waals surface area contributed by atoms with Crippen molar-refractivity contribution in [2.45, 2.75) is 31.2 Å². The van der Waals surface area contributed by atoms with Gasteiger partial charge in [-0.1, -0.05) is 0 Å². The van der Waals surface area contributed by atoms with Crippen LogP contribution in [0.5, 0.6) is 5.75 Å². The number of ether oxygens (including phenoxy) is 2. The van der Waals surface area contributed by atoms with Gasteiger partial charge in [-0.3, -0.25) is 0 Å². The van der Waals surface area contributed by atoms with Gasteiger partial charge in [-0.15, -0.1) is 0 Å². The van der Waals surface area contributed by atoms with Crippen molar-refractivity contribution < 1.29 is 37.0 Å². The molecule has 1 aliphatic heterocycles. The maximum atomic E-state index is 12.0. The number of hydrogen-bond donors (Lipinski definition) is 3. The molecule has 3 N–H and O–H groups in total. The number of aromatic nitrogens is 1. The first kappa shape index (κ1) is 20.2. The number of alkyl halides is 3. The van der Waals surface area contributed by atoms with Gasteiger partial charge in [0.25, 0.3) is 6.01 Å². The van der Waals surface area contributed by atoms with Crippen molar-refractivity contribution in [2.75, 3.05) is 31.6 Å². The van der Waals surface area contributed by atoms with Crippen LogP contribution in [0.25, 0.3) is 11.1 Å². The van der Waals surface area contributed by atoms with E-state index in [1.807, 2.05) is 0 Å². The summed E-state index contributed by atoms with van der Waals surface area (Å²) >= 11 is 0. The molecular weight excluding hydrogens is 383 g/mol. The number of anilines is 1. The molecule has 1 aromatic carbocycles. The maximum absolute atomic E-state index is 12.0. The lowest BCUT2D eigenvalue weighted by Crippen LogP contribution is -2.35. The molecule has 1 aliphatic rings. The Hall–Kier alpha value is -2.53. The van der Waals surface area contributed by atoms with E-state index in [0.717, 1.165) is 25.9 Å². The van der Waals surface area contributed by atoms with Crippen molar-refractivity contribution >= 4 is 23.1 Å². The highest BCUT2D eigenvalue weighted by molar-refractivity contribution is 5.76. The summed E-state index contributed by atoms with van der Waals surface area (Å²) in [5.41, 5.74) is 1.08. The van der Waals surface area contributed by atoms with Crippen LogP contribution in [0.4, 0.5) is 19.2 Å². The number of piperidine rings is 1. The molecule has 1 atom stereocenters. The Morgan fingerprint density at radius 2 is 2.11 bits per heavy atom. The van der Waals surface area contributed by atoms with Crippen molar-refractivity contribution in [1.82, 2.24) is 10.3 Å². The number of fused-ring (bicyclic) bond motifs is 1. The highest BCUT2D eigenvalue weighted by atomic mass is 19.4. The summed E-state index contributed by atoms with van der Waals surface area (Å²) in [4.78, 5) is 15.0. The van der Waals surface area contributed by atoms with E-state index in [4.69, 9.17) is 9.15 Å². The minimum atomic E-state index is -5.10. The first-order valence-electron chi connectivity index (χ1n) is 8.74. The van der Waals surface area contributed by atoms with Gasteiger partial charge in [0, 0.05) is 12.1 Å². The second-order valence-corrected chi connectivity index (χ2v) is 6.38. The van der Waals surface area contributed by atoms with Crippen LogP contribution >= 0.6 is 0 Å². The number of nitrogens with one attached hydrogen (secondary N) is 2. The molecular formula is C17H20F3N3O5. The number of aliphatic hydroxyl groups excluding tert-OH is 1. The van der Waals surface area contributed by atoms with Crippen LogP contribution in [0.15, 0.2) is 22.6 Å². The zero-order valence-corrected chi connectivity index (χ0v) is 14.8. The second-order valence-electron chi connectivity index (χ2n) is 6.38. The number of halogens is 3. The molecule has 1 fully saturated rings.